The Labute approximate surface area is 110 Å². The lowest BCUT2D eigenvalue weighted by Crippen LogP contribution is -2.30. The molecule has 0 aliphatic heterocycles. The van der Waals surface area contributed by atoms with Crippen molar-refractivity contribution in [2.75, 3.05) is 6.54 Å². The number of nitrogens with zero attached hydrogens (tertiary/aromatic N) is 2. The molecule has 0 radical (unpaired) electrons. The molecule has 0 aromatic carbocycles. The van der Waals surface area contributed by atoms with Gasteiger partial charge in [0.1, 0.15) is 0 Å². The second kappa shape index (κ2) is 7.02. The lowest BCUT2D eigenvalue weighted by atomic mass is 9.96. The predicted octanol–water partition coefficient (Wildman–Crippen LogP) is 3.64. The number of nitrogens with one attached hydrogen (secondary N) is 1. The molecular weight excluding hydrogens is 234 g/mol. The van der Waals surface area contributed by atoms with Crippen molar-refractivity contribution in [2.45, 2.75) is 53.1 Å². The number of aromatic nitrogens is 2. The first-order valence-electron chi connectivity index (χ1n) is 6.60. The Bertz CT molecular complexity index is 335. The normalized spacial score (nSPS) is 14.9. The Morgan fingerprint density at radius 2 is 2.12 bits per heavy atom. The Balaban J connectivity index is 2.98. The highest BCUT2D eigenvalue weighted by molar-refractivity contribution is 6.31. The van der Waals surface area contributed by atoms with Gasteiger partial charge >= 0.3 is 0 Å². The first kappa shape index (κ1) is 14.5. The monoisotopic (exact) mass is 257 g/mol. The van der Waals surface area contributed by atoms with Crippen molar-refractivity contribution in [1.82, 2.24) is 15.1 Å². The van der Waals surface area contributed by atoms with Gasteiger partial charge in [-0.3, -0.25) is 4.68 Å². The number of hydrogen-bond acceptors (Lipinski definition) is 2. The first-order valence-corrected chi connectivity index (χ1v) is 6.97. The summed E-state index contributed by atoms with van der Waals surface area (Å²) in [6, 6.07) is 0.301. The van der Waals surface area contributed by atoms with Crippen molar-refractivity contribution in [1.29, 1.82) is 0 Å². The van der Waals surface area contributed by atoms with Gasteiger partial charge in [0.25, 0.3) is 0 Å². The third-order valence-electron chi connectivity index (χ3n) is 3.25. The van der Waals surface area contributed by atoms with Gasteiger partial charge < -0.3 is 5.32 Å². The zero-order valence-electron chi connectivity index (χ0n) is 11.3. The topological polar surface area (TPSA) is 29.9 Å². The molecule has 1 aromatic heterocycles. The van der Waals surface area contributed by atoms with Crippen LogP contribution >= 0.6 is 11.6 Å². The second-order valence-corrected chi connectivity index (χ2v) is 4.92. The van der Waals surface area contributed by atoms with Crippen LogP contribution in [0.3, 0.4) is 0 Å². The zero-order valence-corrected chi connectivity index (χ0v) is 12.1. The minimum Gasteiger partial charge on any atom is -0.308 e. The summed E-state index contributed by atoms with van der Waals surface area (Å²) in [6.45, 7) is 10.6. The van der Waals surface area contributed by atoms with E-state index in [4.69, 9.17) is 11.6 Å². The maximum atomic E-state index is 6.28. The van der Waals surface area contributed by atoms with Crippen LogP contribution in [0.5, 0.6) is 0 Å². The summed E-state index contributed by atoms with van der Waals surface area (Å²) in [6.07, 6.45) is 4.01. The van der Waals surface area contributed by atoms with Crippen molar-refractivity contribution >= 4 is 11.6 Å². The molecule has 1 rings (SSSR count). The molecule has 1 N–H and O–H groups in total. The van der Waals surface area contributed by atoms with Gasteiger partial charge in [0, 0.05) is 6.54 Å². The van der Waals surface area contributed by atoms with Gasteiger partial charge in [0.05, 0.1) is 23.0 Å². The quantitative estimate of drug-likeness (QED) is 0.808. The molecular formula is C13H24ClN3. The molecule has 0 amide bonds. The molecule has 0 fully saturated rings. The van der Waals surface area contributed by atoms with E-state index in [1.54, 1.807) is 6.20 Å². The van der Waals surface area contributed by atoms with E-state index in [-0.39, 0.29) is 0 Å². The van der Waals surface area contributed by atoms with Gasteiger partial charge in [0.2, 0.25) is 0 Å². The second-order valence-electron chi connectivity index (χ2n) is 4.51. The summed E-state index contributed by atoms with van der Waals surface area (Å²) in [7, 11) is 0. The summed E-state index contributed by atoms with van der Waals surface area (Å²) >= 11 is 6.28. The van der Waals surface area contributed by atoms with E-state index in [0.29, 0.717) is 12.0 Å². The van der Waals surface area contributed by atoms with Gasteiger partial charge in [-0.1, -0.05) is 38.8 Å². The first-order chi connectivity index (χ1) is 8.15. The fourth-order valence-corrected chi connectivity index (χ4v) is 2.29. The molecule has 2 unspecified atom stereocenters. The van der Waals surface area contributed by atoms with Crippen LogP contribution in [-0.2, 0) is 6.54 Å². The van der Waals surface area contributed by atoms with Crippen LogP contribution in [0.4, 0.5) is 0 Å². The summed E-state index contributed by atoms with van der Waals surface area (Å²) in [5, 5.41) is 8.70. The van der Waals surface area contributed by atoms with Crippen molar-refractivity contribution < 1.29 is 0 Å². The minimum atomic E-state index is 0.301. The average Bonchev–Trinajstić information content (AvgIpc) is 2.71. The van der Waals surface area contributed by atoms with Gasteiger partial charge in [-0.05, 0) is 25.8 Å². The highest BCUT2D eigenvalue weighted by Gasteiger charge is 2.23. The van der Waals surface area contributed by atoms with Crippen molar-refractivity contribution in [3.05, 3.63) is 16.9 Å². The van der Waals surface area contributed by atoms with Crippen LogP contribution in [0.1, 0.15) is 52.3 Å². The minimum absolute atomic E-state index is 0.301. The molecule has 0 bridgehead atoms. The SMILES string of the molecule is CCCNC(c1c(Cl)cnn1CC)C(C)CC. The molecule has 0 aliphatic carbocycles. The van der Waals surface area contributed by atoms with E-state index in [1.165, 1.54) is 0 Å². The molecule has 3 nitrogen and oxygen atoms in total. The molecule has 0 saturated heterocycles. The highest BCUT2D eigenvalue weighted by atomic mass is 35.5. The largest absolute Gasteiger partial charge is 0.308 e. The van der Waals surface area contributed by atoms with E-state index in [2.05, 4.69) is 38.1 Å². The van der Waals surface area contributed by atoms with Gasteiger partial charge in [-0.2, -0.15) is 5.10 Å². The Morgan fingerprint density at radius 3 is 2.65 bits per heavy atom. The number of halogens is 1. The Morgan fingerprint density at radius 1 is 1.41 bits per heavy atom. The van der Waals surface area contributed by atoms with E-state index < -0.39 is 0 Å². The van der Waals surface area contributed by atoms with Crippen LogP contribution in [0.15, 0.2) is 6.20 Å². The summed E-state index contributed by atoms with van der Waals surface area (Å²) < 4.78 is 2.00. The van der Waals surface area contributed by atoms with Crippen LogP contribution in [0, 0.1) is 5.92 Å². The fraction of sp³-hybridized carbons (Fsp3) is 0.769. The van der Waals surface area contributed by atoms with Crippen molar-refractivity contribution in [3.63, 3.8) is 0 Å². The summed E-state index contributed by atoms with van der Waals surface area (Å²) in [5.41, 5.74) is 1.14. The lowest BCUT2D eigenvalue weighted by Gasteiger charge is -2.25. The Hall–Kier alpha value is -0.540. The molecule has 2 atom stereocenters. The van der Waals surface area contributed by atoms with E-state index in [0.717, 1.165) is 36.6 Å². The lowest BCUT2D eigenvalue weighted by molar-refractivity contribution is 0.355. The van der Waals surface area contributed by atoms with Gasteiger partial charge in [0.15, 0.2) is 0 Å². The molecule has 4 heteroatoms. The summed E-state index contributed by atoms with van der Waals surface area (Å²) in [4.78, 5) is 0. The number of rotatable bonds is 7. The number of aryl methyl sites for hydroxylation is 1. The van der Waals surface area contributed by atoms with Crippen molar-refractivity contribution in [3.8, 4) is 0 Å². The van der Waals surface area contributed by atoms with E-state index >= 15 is 0 Å². The van der Waals surface area contributed by atoms with Crippen LogP contribution in [0.25, 0.3) is 0 Å². The van der Waals surface area contributed by atoms with Crippen molar-refractivity contribution in [2.24, 2.45) is 5.92 Å². The third-order valence-corrected chi connectivity index (χ3v) is 3.55. The molecule has 0 aliphatic rings. The molecule has 17 heavy (non-hydrogen) atoms. The predicted molar refractivity (Wildman–Crippen MR) is 73.4 cm³/mol. The maximum Gasteiger partial charge on any atom is 0.0834 e. The number of hydrogen-bond donors (Lipinski definition) is 1. The summed E-state index contributed by atoms with van der Waals surface area (Å²) in [5.74, 6) is 0.557. The van der Waals surface area contributed by atoms with Gasteiger partial charge in [-0.25, -0.2) is 0 Å². The highest BCUT2D eigenvalue weighted by Crippen LogP contribution is 2.29. The fourth-order valence-electron chi connectivity index (χ4n) is 2.04. The van der Waals surface area contributed by atoms with Crippen LogP contribution in [-0.4, -0.2) is 16.3 Å². The van der Waals surface area contributed by atoms with Crippen LogP contribution < -0.4 is 5.32 Å². The van der Waals surface area contributed by atoms with E-state index in [1.807, 2.05) is 4.68 Å². The molecule has 98 valence electrons. The van der Waals surface area contributed by atoms with E-state index in [9.17, 15) is 0 Å². The smallest absolute Gasteiger partial charge is 0.0834 e. The average molecular weight is 258 g/mol. The van der Waals surface area contributed by atoms with Gasteiger partial charge in [-0.15, -0.1) is 0 Å². The standard InChI is InChI=1S/C13H24ClN3/c1-5-8-15-12(10(4)6-2)13-11(14)9-16-17(13)7-3/h9-10,12,15H,5-8H2,1-4H3. The molecule has 0 spiro atoms. The molecule has 1 aromatic rings. The Kier molecular flexibility index (Phi) is 6.00. The van der Waals surface area contributed by atoms with Crippen LogP contribution in [0.2, 0.25) is 5.02 Å². The third kappa shape index (κ3) is 3.46. The molecule has 0 saturated carbocycles. The molecule has 1 heterocycles. The zero-order chi connectivity index (χ0) is 12.8. The maximum absolute atomic E-state index is 6.28.